The van der Waals surface area contributed by atoms with Crippen LogP contribution < -0.4 is 5.32 Å². The van der Waals surface area contributed by atoms with E-state index < -0.39 is 0 Å². The molecule has 0 aliphatic rings. The monoisotopic (exact) mass is 351 g/mol. The highest BCUT2D eigenvalue weighted by Crippen LogP contribution is 2.12. The van der Waals surface area contributed by atoms with E-state index in [1.54, 1.807) is 0 Å². The van der Waals surface area contributed by atoms with E-state index in [1.165, 1.54) is 0 Å². The first kappa shape index (κ1) is 21.5. The smallest absolute Gasteiger partial charge is 0.407 e. The molecule has 0 saturated heterocycles. The van der Waals surface area contributed by atoms with Gasteiger partial charge in [-0.1, -0.05) is 62.4 Å². The largest absolute Gasteiger partial charge is 0.445 e. The third-order valence-corrected chi connectivity index (χ3v) is 4.21. The molecule has 1 rings (SSSR count). The zero-order valence-corrected chi connectivity index (χ0v) is 15.2. The Balaban J connectivity index is 2.31. The normalized spacial score (nSPS) is 11.9. The number of rotatable bonds is 14. The maximum atomic E-state index is 12.0. The lowest BCUT2D eigenvalue weighted by molar-refractivity contribution is 0.134. The van der Waals surface area contributed by atoms with Crippen LogP contribution in [0.2, 0.25) is 0 Å². The molecule has 0 bridgehead atoms. The third kappa shape index (κ3) is 11.6. The van der Waals surface area contributed by atoms with Crippen LogP contribution in [0.5, 0.6) is 0 Å². The summed E-state index contributed by atoms with van der Waals surface area (Å²) in [4.78, 5) is 12.0. The average Bonchev–Trinajstić information content (AvgIpc) is 2.64. The van der Waals surface area contributed by atoms with Gasteiger partial charge in [-0.2, -0.15) is 0 Å². The molecule has 1 aromatic rings. The number of hydrogen-bond donors (Lipinski definition) is 3. The number of ether oxygens (including phenoxy) is 1. The number of amides is 1. The topological polar surface area (TPSA) is 78.8 Å². The van der Waals surface area contributed by atoms with Crippen LogP contribution in [0, 0.1) is 0 Å². The van der Waals surface area contributed by atoms with Gasteiger partial charge in [0.2, 0.25) is 0 Å². The minimum atomic E-state index is -0.369. The summed E-state index contributed by atoms with van der Waals surface area (Å²) in [6.07, 6.45) is 8.18. The van der Waals surface area contributed by atoms with Crippen molar-refractivity contribution < 1.29 is 19.7 Å². The van der Waals surface area contributed by atoms with Crippen molar-refractivity contribution in [3.8, 4) is 0 Å². The Labute approximate surface area is 151 Å². The lowest BCUT2D eigenvalue weighted by Gasteiger charge is -2.18. The number of aliphatic hydroxyl groups excluding tert-OH is 2. The van der Waals surface area contributed by atoms with Crippen LogP contribution >= 0.6 is 0 Å². The quantitative estimate of drug-likeness (QED) is 0.446. The number of carbonyl (C=O) groups is 1. The SMILES string of the molecule is O=C(NC(CCCCCO)CCCCCCO)OCc1ccccc1. The Morgan fingerprint density at radius 1 is 0.880 bits per heavy atom. The molecule has 0 aromatic heterocycles. The second-order valence-electron chi connectivity index (χ2n) is 6.40. The molecule has 0 saturated carbocycles. The fraction of sp³-hybridized carbons (Fsp3) is 0.650. The lowest BCUT2D eigenvalue weighted by Crippen LogP contribution is -2.35. The Bertz CT molecular complexity index is 439. The molecule has 142 valence electrons. The van der Waals surface area contributed by atoms with E-state index in [0.29, 0.717) is 0 Å². The second kappa shape index (κ2) is 14.7. The molecule has 0 fully saturated rings. The van der Waals surface area contributed by atoms with E-state index in [0.717, 1.165) is 63.4 Å². The van der Waals surface area contributed by atoms with Gasteiger partial charge in [0, 0.05) is 19.3 Å². The molecule has 1 unspecified atom stereocenters. The number of carbonyl (C=O) groups excluding carboxylic acids is 1. The van der Waals surface area contributed by atoms with Gasteiger partial charge in [-0.25, -0.2) is 4.79 Å². The van der Waals surface area contributed by atoms with Crippen molar-refractivity contribution in [3.05, 3.63) is 35.9 Å². The van der Waals surface area contributed by atoms with Crippen molar-refractivity contribution in [1.29, 1.82) is 0 Å². The van der Waals surface area contributed by atoms with Crippen LogP contribution in [0.25, 0.3) is 0 Å². The Hall–Kier alpha value is -1.59. The second-order valence-corrected chi connectivity index (χ2v) is 6.40. The standard InChI is InChI=1S/C20H33NO4/c22-15-9-2-1-7-13-19(14-8-4-10-16-23)21-20(24)25-17-18-11-5-3-6-12-18/h3,5-6,11-12,19,22-23H,1-2,4,7-10,13-17H2,(H,21,24). The molecule has 0 aliphatic carbocycles. The van der Waals surface area contributed by atoms with Gasteiger partial charge in [0.15, 0.2) is 0 Å². The third-order valence-electron chi connectivity index (χ3n) is 4.21. The molecule has 1 amide bonds. The van der Waals surface area contributed by atoms with Gasteiger partial charge in [0.25, 0.3) is 0 Å². The van der Waals surface area contributed by atoms with Crippen molar-refractivity contribution >= 4 is 6.09 Å². The van der Waals surface area contributed by atoms with Crippen molar-refractivity contribution in [1.82, 2.24) is 5.32 Å². The number of hydrogen-bond acceptors (Lipinski definition) is 4. The van der Waals surface area contributed by atoms with E-state index in [2.05, 4.69) is 5.32 Å². The van der Waals surface area contributed by atoms with Crippen LogP contribution in [0.4, 0.5) is 4.79 Å². The molecular weight excluding hydrogens is 318 g/mol. The summed E-state index contributed by atoms with van der Waals surface area (Å²) in [6.45, 7) is 0.743. The zero-order chi connectivity index (χ0) is 18.2. The Kier molecular flexibility index (Phi) is 12.6. The fourth-order valence-electron chi connectivity index (χ4n) is 2.76. The summed E-state index contributed by atoms with van der Waals surface area (Å²) < 4.78 is 5.31. The number of aliphatic hydroxyl groups is 2. The van der Waals surface area contributed by atoms with Gasteiger partial charge < -0.3 is 20.3 Å². The molecule has 3 N–H and O–H groups in total. The zero-order valence-electron chi connectivity index (χ0n) is 15.2. The van der Waals surface area contributed by atoms with E-state index >= 15 is 0 Å². The molecule has 0 radical (unpaired) electrons. The highest BCUT2D eigenvalue weighted by atomic mass is 16.5. The fourth-order valence-corrected chi connectivity index (χ4v) is 2.76. The van der Waals surface area contributed by atoms with Crippen LogP contribution in [-0.2, 0) is 11.3 Å². The summed E-state index contributed by atoms with van der Waals surface area (Å²) in [6, 6.07) is 9.75. The summed E-state index contributed by atoms with van der Waals surface area (Å²) in [7, 11) is 0. The first-order chi connectivity index (χ1) is 12.3. The highest BCUT2D eigenvalue weighted by molar-refractivity contribution is 5.67. The maximum Gasteiger partial charge on any atom is 0.407 e. The van der Waals surface area contributed by atoms with Gasteiger partial charge in [-0.15, -0.1) is 0 Å². The molecule has 1 atom stereocenters. The molecular formula is C20H33NO4. The van der Waals surface area contributed by atoms with Gasteiger partial charge in [-0.3, -0.25) is 0 Å². The first-order valence-corrected chi connectivity index (χ1v) is 9.45. The highest BCUT2D eigenvalue weighted by Gasteiger charge is 2.13. The molecule has 0 heterocycles. The predicted octanol–water partition coefficient (Wildman–Crippen LogP) is 3.78. The van der Waals surface area contributed by atoms with Crippen molar-refractivity contribution in [2.24, 2.45) is 0 Å². The molecule has 5 nitrogen and oxygen atoms in total. The summed E-state index contributed by atoms with van der Waals surface area (Å²) in [5, 5.41) is 20.7. The number of alkyl carbamates (subject to hydrolysis) is 1. The van der Waals surface area contributed by atoms with E-state index in [9.17, 15) is 4.79 Å². The van der Waals surface area contributed by atoms with E-state index in [1.807, 2.05) is 30.3 Å². The van der Waals surface area contributed by atoms with E-state index in [-0.39, 0.29) is 32.0 Å². The van der Waals surface area contributed by atoms with Gasteiger partial charge in [0.05, 0.1) is 0 Å². The van der Waals surface area contributed by atoms with Gasteiger partial charge in [0.1, 0.15) is 6.61 Å². The lowest BCUT2D eigenvalue weighted by atomic mass is 10.0. The molecule has 0 spiro atoms. The van der Waals surface area contributed by atoms with Crippen molar-refractivity contribution in [2.75, 3.05) is 13.2 Å². The predicted molar refractivity (Wildman–Crippen MR) is 99.3 cm³/mol. The van der Waals surface area contributed by atoms with Crippen LogP contribution in [0.1, 0.15) is 63.4 Å². The Morgan fingerprint density at radius 2 is 1.44 bits per heavy atom. The van der Waals surface area contributed by atoms with Crippen LogP contribution in [0.15, 0.2) is 30.3 Å². The summed E-state index contributed by atoms with van der Waals surface area (Å²) >= 11 is 0. The maximum absolute atomic E-state index is 12.0. The Morgan fingerprint density at radius 3 is 2.04 bits per heavy atom. The average molecular weight is 351 g/mol. The molecule has 1 aromatic carbocycles. The molecule has 25 heavy (non-hydrogen) atoms. The minimum Gasteiger partial charge on any atom is -0.445 e. The molecule has 0 aliphatic heterocycles. The number of unbranched alkanes of at least 4 members (excludes halogenated alkanes) is 5. The van der Waals surface area contributed by atoms with Crippen LogP contribution in [0.3, 0.4) is 0 Å². The summed E-state index contributed by atoms with van der Waals surface area (Å²) in [5.41, 5.74) is 0.973. The minimum absolute atomic E-state index is 0.107. The molecule has 5 heteroatoms. The van der Waals surface area contributed by atoms with E-state index in [4.69, 9.17) is 14.9 Å². The number of benzene rings is 1. The van der Waals surface area contributed by atoms with Gasteiger partial charge >= 0.3 is 6.09 Å². The van der Waals surface area contributed by atoms with Crippen molar-refractivity contribution in [2.45, 2.75) is 70.4 Å². The first-order valence-electron chi connectivity index (χ1n) is 9.45. The van der Waals surface area contributed by atoms with Crippen LogP contribution in [-0.4, -0.2) is 35.6 Å². The van der Waals surface area contributed by atoms with Gasteiger partial charge in [-0.05, 0) is 31.2 Å². The van der Waals surface area contributed by atoms with Crippen molar-refractivity contribution in [3.63, 3.8) is 0 Å². The summed E-state index contributed by atoms with van der Waals surface area (Å²) in [5.74, 6) is 0. The number of nitrogens with one attached hydrogen (secondary N) is 1.